The Morgan fingerprint density at radius 3 is 2.44 bits per heavy atom. The van der Waals surface area contributed by atoms with Crippen molar-refractivity contribution < 1.29 is 0 Å². The fourth-order valence-electron chi connectivity index (χ4n) is 2.23. The molecule has 3 unspecified atom stereocenters. The highest BCUT2D eigenvalue weighted by Crippen LogP contribution is 2.20. The van der Waals surface area contributed by atoms with Crippen molar-refractivity contribution in [2.45, 2.75) is 59.0 Å². The molecule has 0 radical (unpaired) electrons. The van der Waals surface area contributed by atoms with Gasteiger partial charge in [-0.3, -0.25) is 0 Å². The largest absolute Gasteiger partial charge is 0.307 e. The van der Waals surface area contributed by atoms with Crippen LogP contribution in [0.25, 0.3) is 0 Å². The van der Waals surface area contributed by atoms with Gasteiger partial charge >= 0.3 is 0 Å². The van der Waals surface area contributed by atoms with Crippen molar-refractivity contribution in [3.05, 3.63) is 34.9 Å². The third-order valence-electron chi connectivity index (χ3n) is 3.71. The van der Waals surface area contributed by atoms with Gasteiger partial charge in [0.15, 0.2) is 0 Å². The number of hydrogen-bond acceptors (Lipinski definition) is 1. The van der Waals surface area contributed by atoms with E-state index in [0.717, 1.165) is 10.9 Å². The van der Waals surface area contributed by atoms with Crippen molar-refractivity contribution in [3.8, 4) is 0 Å². The smallest absolute Gasteiger partial charge is 0.0409 e. The maximum atomic E-state index is 6.04. The molecule has 1 rings (SSSR count). The van der Waals surface area contributed by atoms with Gasteiger partial charge in [0.1, 0.15) is 0 Å². The zero-order valence-corrected chi connectivity index (χ0v) is 12.8. The van der Waals surface area contributed by atoms with Crippen LogP contribution in [-0.4, -0.2) is 6.04 Å². The van der Waals surface area contributed by atoms with Crippen LogP contribution in [0, 0.1) is 5.92 Å². The molecule has 0 aliphatic rings. The summed E-state index contributed by atoms with van der Waals surface area (Å²) in [5.41, 5.74) is 1.27. The molecule has 0 heterocycles. The summed E-state index contributed by atoms with van der Waals surface area (Å²) in [5.74, 6) is 0.786. The van der Waals surface area contributed by atoms with Crippen LogP contribution in [0.2, 0.25) is 5.02 Å². The Morgan fingerprint density at radius 1 is 1.17 bits per heavy atom. The Balaban J connectivity index is 2.59. The zero-order valence-electron chi connectivity index (χ0n) is 12.0. The lowest BCUT2D eigenvalue weighted by Crippen LogP contribution is -2.32. The van der Waals surface area contributed by atoms with Crippen LogP contribution in [0.3, 0.4) is 0 Å². The van der Waals surface area contributed by atoms with Crippen molar-refractivity contribution in [1.29, 1.82) is 0 Å². The van der Waals surface area contributed by atoms with E-state index in [-0.39, 0.29) is 0 Å². The number of halogens is 1. The second-order valence-electron chi connectivity index (χ2n) is 5.30. The van der Waals surface area contributed by atoms with Crippen LogP contribution >= 0.6 is 11.6 Å². The maximum absolute atomic E-state index is 6.04. The Labute approximate surface area is 117 Å². The van der Waals surface area contributed by atoms with Gasteiger partial charge in [-0.2, -0.15) is 0 Å². The first-order valence-corrected chi connectivity index (χ1v) is 7.46. The number of benzene rings is 1. The minimum absolute atomic E-state index is 0.359. The first-order chi connectivity index (χ1) is 8.56. The van der Waals surface area contributed by atoms with Gasteiger partial charge in [0.2, 0.25) is 0 Å². The van der Waals surface area contributed by atoms with Gasteiger partial charge in [-0.05, 0) is 43.4 Å². The maximum Gasteiger partial charge on any atom is 0.0409 e. The topological polar surface area (TPSA) is 12.0 Å². The van der Waals surface area contributed by atoms with E-state index in [4.69, 9.17) is 11.6 Å². The van der Waals surface area contributed by atoms with E-state index in [2.05, 4.69) is 45.1 Å². The zero-order chi connectivity index (χ0) is 13.5. The van der Waals surface area contributed by atoms with Crippen molar-refractivity contribution >= 4 is 11.6 Å². The molecule has 0 spiro atoms. The summed E-state index contributed by atoms with van der Waals surface area (Å²) >= 11 is 6.04. The third kappa shape index (κ3) is 4.99. The molecule has 1 aromatic carbocycles. The quantitative estimate of drug-likeness (QED) is 0.715. The minimum Gasteiger partial charge on any atom is -0.307 e. The number of hydrogen-bond donors (Lipinski definition) is 1. The van der Waals surface area contributed by atoms with Gasteiger partial charge in [0.05, 0.1) is 0 Å². The van der Waals surface area contributed by atoms with Crippen LogP contribution in [0.15, 0.2) is 24.3 Å². The molecule has 0 aromatic heterocycles. The first-order valence-electron chi connectivity index (χ1n) is 7.08. The van der Waals surface area contributed by atoms with E-state index >= 15 is 0 Å². The van der Waals surface area contributed by atoms with Gasteiger partial charge in [0.25, 0.3) is 0 Å². The molecular weight excluding hydrogens is 242 g/mol. The van der Waals surface area contributed by atoms with Crippen LogP contribution in [-0.2, 0) is 0 Å². The van der Waals surface area contributed by atoms with E-state index in [9.17, 15) is 0 Å². The molecule has 0 aliphatic carbocycles. The molecule has 0 saturated carbocycles. The van der Waals surface area contributed by atoms with E-state index in [1.165, 1.54) is 24.8 Å². The predicted octanol–water partition coefficient (Wildman–Crippen LogP) is 5.21. The van der Waals surface area contributed by atoms with Gasteiger partial charge < -0.3 is 5.32 Å². The monoisotopic (exact) mass is 267 g/mol. The van der Waals surface area contributed by atoms with Crippen LogP contribution in [0.4, 0.5) is 0 Å². The fourth-order valence-corrected chi connectivity index (χ4v) is 2.43. The van der Waals surface area contributed by atoms with Crippen molar-refractivity contribution in [1.82, 2.24) is 5.32 Å². The van der Waals surface area contributed by atoms with Crippen molar-refractivity contribution in [2.24, 2.45) is 5.92 Å². The lowest BCUT2D eigenvalue weighted by molar-refractivity contribution is 0.359. The predicted molar refractivity (Wildman–Crippen MR) is 81.2 cm³/mol. The van der Waals surface area contributed by atoms with Gasteiger partial charge in [-0.1, -0.05) is 50.9 Å². The molecule has 0 fully saturated rings. The Kier molecular flexibility index (Phi) is 6.73. The van der Waals surface area contributed by atoms with E-state index < -0.39 is 0 Å². The molecule has 0 aliphatic heterocycles. The summed E-state index contributed by atoms with van der Waals surface area (Å²) < 4.78 is 0. The second-order valence-corrected chi connectivity index (χ2v) is 5.73. The number of nitrogens with one attached hydrogen (secondary N) is 1. The Bertz CT molecular complexity index is 351. The van der Waals surface area contributed by atoms with Gasteiger partial charge in [0, 0.05) is 17.1 Å². The molecule has 0 amide bonds. The van der Waals surface area contributed by atoms with E-state index in [1.807, 2.05) is 12.1 Å². The molecule has 18 heavy (non-hydrogen) atoms. The highest BCUT2D eigenvalue weighted by atomic mass is 35.5. The lowest BCUT2D eigenvalue weighted by Gasteiger charge is -2.25. The molecule has 0 saturated heterocycles. The Hall–Kier alpha value is -0.530. The van der Waals surface area contributed by atoms with E-state index in [1.54, 1.807) is 0 Å². The molecular formula is C16H26ClN. The summed E-state index contributed by atoms with van der Waals surface area (Å²) in [5, 5.41) is 4.53. The summed E-state index contributed by atoms with van der Waals surface area (Å²) in [7, 11) is 0. The molecule has 3 atom stereocenters. The Morgan fingerprint density at radius 2 is 1.89 bits per heavy atom. The second kappa shape index (κ2) is 7.81. The summed E-state index contributed by atoms with van der Waals surface area (Å²) in [4.78, 5) is 0. The fraction of sp³-hybridized carbons (Fsp3) is 0.625. The highest BCUT2D eigenvalue weighted by molar-refractivity contribution is 6.30. The van der Waals surface area contributed by atoms with Gasteiger partial charge in [-0.25, -0.2) is 0 Å². The summed E-state index contributed by atoms with van der Waals surface area (Å²) in [6.07, 6.45) is 3.68. The first kappa shape index (κ1) is 15.5. The normalized spacial score (nSPS) is 16.3. The standard InChI is InChI=1S/C16H26ClN/c1-5-12(3)10-16(6-2)18-13(4)14-8-7-9-15(17)11-14/h7-9,11-13,16,18H,5-6,10H2,1-4H3. The molecule has 2 heteroatoms. The summed E-state index contributed by atoms with van der Waals surface area (Å²) in [6.45, 7) is 9.06. The molecule has 1 nitrogen and oxygen atoms in total. The highest BCUT2D eigenvalue weighted by Gasteiger charge is 2.14. The van der Waals surface area contributed by atoms with Crippen LogP contribution in [0.5, 0.6) is 0 Å². The molecule has 102 valence electrons. The summed E-state index contributed by atoms with van der Waals surface area (Å²) in [6, 6.07) is 9.08. The van der Waals surface area contributed by atoms with Crippen LogP contribution in [0.1, 0.15) is 58.6 Å². The molecule has 1 N–H and O–H groups in total. The lowest BCUT2D eigenvalue weighted by atomic mass is 9.96. The van der Waals surface area contributed by atoms with Crippen molar-refractivity contribution in [3.63, 3.8) is 0 Å². The molecule has 0 bridgehead atoms. The van der Waals surface area contributed by atoms with Crippen LogP contribution < -0.4 is 5.32 Å². The molecule has 1 aromatic rings. The number of rotatable bonds is 7. The minimum atomic E-state index is 0.359. The average molecular weight is 268 g/mol. The SMILES string of the molecule is CCC(C)CC(CC)NC(C)c1cccc(Cl)c1. The average Bonchev–Trinajstić information content (AvgIpc) is 2.37. The van der Waals surface area contributed by atoms with Crippen molar-refractivity contribution in [2.75, 3.05) is 0 Å². The third-order valence-corrected chi connectivity index (χ3v) is 3.95. The van der Waals surface area contributed by atoms with Gasteiger partial charge in [-0.15, -0.1) is 0 Å². The van der Waals surface area contributed by atoms with E-state index in [0.29, 0.717) is 12.1 Å².